The van der Waals surface area contributed by atoms with Crippen molar-refractivity contribution in [3.8, 4) is 0 Å². The average Bonchev–Trinajstić information content (AvgIpc) is 3.03. The molecule has 0 bridgehead atoms. The zero-order valence-corrected chi connectivity index (χ0v) is 18.4. The number of fused-ring (bicyclic) bond motifs is 1. The molecule has 2 aromatic rings. The first-order chi connectivity index (χ1) is 15.0. The van der Waals surface area contributed by atoms with Crippen LogP contribution in [0.3, 0.4) is 0 Å². The summed E-state index contributed by atoms with van der Waals surface area (Å²) in [6.45, 7) is 1.43. The summed E-state index contributed by atoms with van der Waals surface area (Å²) in [4.78, 5) is 40.9. The third kappa shape index (κ3) is 4.94. The number of halogens is 1. The molecule has 2 aliphatic rings. The molecule has 1 saturated heterocycles. The van der Waals surface area contributed by atoms with E-state index in [0.29, 0.717) is 15.5 Å². The number of benzene rings is 2. The van der Waals surface area contributed by atoms with E-state index in [1.165, 1.54) is 5.56 Å². The Hall–Kier alpha value is -2.77. The number of nitrogens with zero attached hydrogens (tertiary/aromatic N) is 2. The molecule has 0 saturated carbocycles. The van der Waals surface area contributed by atoms with Gasteiger partial charge >= 0.3 is 0 Å². The van der Waals surface area contributed by atoms with Gasteiger partial charge in [0.15, 0.2) is 0 Å². The van der Waals surface area contributed by atoms with Crippen molar-refractivity contribution in [3.63, 3.8) is 0 Å². The van der Waals surface area contributed by atoms with E-state index in [4.69, 9.17) is 11.6 Å². The number of nitrogens with one attached hydrogen (secondary N) is 1. The number of aryl methyl sites for hydroxylation is 1. The van der Waals surface area contributed by atoms with Gasteiger partial charge in [-0.05, 0) is 53.9 Å². The number of rotatable bonds is 6. The number of hydrogen-bond donors (Lipinski definition) is 1. The summed E-state index contributed by atoms with van der Waals surface area (Å²) in [7, 11) is 0. The SMILES string of the molecule is O=C(CN1CCCc2ccccc21)NCCN1C(=O)SC(=Cc2ccccc2Cl)C1=O. The second-order valence-electron chi connectivity index (χ2n) is 7.36. The van der Waals surface area contributed by atoms with Crippen molar-refractivity contribution in [1.82, 2.24) is 10.2 Å². The minimum Gasteiger partial charge on any atom is -0.362 e. The zero-order chi connectivity index (χ0) is 21.8. The van der Waals surface area contributed by atoms with Gasteiger partial charge in [0.1, 0.15) is 0 Å². The Morgan fingerprint density at radius 1 is 1.13 bits per heavy atom. The Kier molecular flexibility index (Phi) is 6.63. The lowest BCUT2D eigenvalue weighted by atomic mass is 10.0. The van der Waals surface area contributed by atoms with Crippen LogP contribution in [0.2, 0.25) is 5.02 Å². The Balaban J connectivity index is 1.31. The minimum atomic E-state index is -0.367. The van der Waals surface area contributed by atoms with Crippen molar-refractivity contribution in [1.29, 1.82) is 0 Å². The highest BCUT2D eigenvalue weighted by Crippen LogP contribution is 2.33. The maximum atomic E-state index is 12.6. The number of imide groups is 1. The number of para-hydroxylation sites is 1. The lowest BCUT2D eigenvalue weighted by Crippen LogP contribution is -2.43. The third-order valence-electron chi connectivity index (χ3n) is 5.26. The fraction of sp³-hybridized carbons (Fsp3) is 0.261. The summed E-state index contributed by atoms with van der Waals surface area (Å²) in [5, 5.41) is 3.00. The molecule has 31 heavy (non-hydrogen) atoms. The van der Waals surface area contributed by atoms with E-state index in [0.717, 1.165) is 41.7 Å². The number of thioether (sulfide) groups is 1. The van der Waals surface area contributed by atoms with Crippen LogP contribution in [0.1, 0.15) is 17.5 Å². The normalized spacial score (nSPS) is 17.3. The summed E-state index contributed by atoms with van der Waals surface area (Å²) in [6.07, 6.45) is 3.66. The molecule has 8 heteroatoms. The molecule has 2 heterocycles. The van der Waals surface area contributed by atoms with Crippen molar-refractivity contribution in [2.45, 2.75) is 12.8 Å². The summed E-state index contributed by atoms with van der Waals surface area (Å²) >= 11 is 7.02. The van der Waals surface area contributed by atoms with Crippen LogP contribution in [-0.4, -0.2) is 48.1 Å². The Bertz CT molecular complexity index is 1060. The number of amides is 3. The Labute approximate surface area is 190 Å². The molecule has 3 amide bonds. The summed E-state index contributed by atoms with van der Waals surface area (Å²) in [5.41, 5.74) is 3.04. The van der Waals surface area contributed by atoms with Crippen molar-refractivity contribution in [3.05, 3.63) is 69.6 Å². The standard InChI is InChI=1S/C23H22ClN3O3S/c24-18-9-3-1-7-17(18)14-20-22(29)27(23(30)31-20)13-11-25-21(28)15-26-12-5-8-16-6-2-4-10-19(16)26/h1-4,6-7,9-10,14H,5,8,11-13,15H2,(H,25,28). The smallest absolute Gasteiger partial charge is 0.293 e. The zero-order valence-electron chi connectivity index (χ0n) is 16.8. The van der Waals surface area contributed by atoms with E-state index in [2.05, 4.69) is 16.3 Å². The maximum absolute atomic E-state index is 12.6. The summed E-state index contributed by atoms with van der Waals surface area (Å²) in [5.74, 6) is -0.496. The van der Waals surface area contributed by atoms with E-state index >= 15 is 0 Å². The third-order valence-corrected chi connectivity index (χ3v) is 6.52. The van der Waals surface area contributed by atoms with Crippen molar-refractivity contribution >= 4 is 52.2 Å². The highest BCUT2D eigenvalue weighted by Gasteiger charge is 2.34. The fourth-order valence-electron chi connectivity index (χ4n) is 3.74. The van der Waals surface area contributed by atoms with Gasteiger partial charge in [0, 0.05) is 30.3 Å². The van der Waals surface area contributed by atoms with Crippen molar-refractivity contribution in [2.75, 3.05) is 31.1 Å². The number of anilines is 1. The molecule has 160 valence electrons. The monoisotopic (exact) mass is 455 g/mol. The number of hydrogen-bond acceptors (Lipinski definition) is 5. The van der Waals surface area contributed by atoms with Gasteiger partial charge in [-0.25, -0.2) is 0 Å². The van der Waals surface area contributed by atoms with Gasteiger partial charge in [-0.1, -0.05) is 48.0 Å². The lowest BCUT2D eigenvalue weighted by molar-refractivity contribution is -0.124. The molecule has 2 aliphatic heterocycles. The second-order valence-corrected chi connectivity index (χ2v) is 8.76. The molecule has 1 N–H and O–H groups in total. The van der Waals surface area contributed by atoms with Crippen LogP contribution >= 0.6 is 23.4 Å². The first kappa shape index (κ1) is 21.5. The molecular formula is C23H22ClN3O3S. The van der Waals surface area contributed by atoms with E-state index < -0.39 is 0 Å². The predicted molar refractivity (Wildman–Crippen MR) is 124 cm³/mol. The Morgan fingerprint density at radius 3 is 2.74 bits per heavy atom. The van der Waals surface area contributed by atoms with Gasteiger partial charge in [0.2, 0.25) is 5.91 Å². The largest absolute Gasteiger partial charge is 0.362 e. The van der Waals surface area contributed by atoms with Gasteiger partial charge < -0.3 is 10.2 Å². The van der Waals surface area contributed by atoms with Crippen LogP contribution in [0.15, 0.2) is 53.4 Å². The molecule has 0 atom stereocenters. The number of carbonyl (C=O) groups is 3. The van der Waals surface area contributed by atoms with Gasteiger partial charge in [0.25, 0.3) is 11.1 Å². The van der Waals surface area contributed by atoms with Crippen LogP contribution in [0.5, 0.6) is 0 Å². The lowest BCUT2D eigenvalue weighted by Gasteiger charge is -2.30. The molecule has 1 fully saturated rings. The van der Waals surface area contributed by atoms with Crippen LogP contribution in [0, 0.1) is 0 Å². The van der Waals surface area contributed by atoms with Crippen molar-refractivity contribution < 1.29 is 14.4 Å². The highest BCUT2D eigenvalue weighted by atomic mass is 35.5. The molecule has 0 aliphatic carbocycles. The molecular weight excluding hydrogens is 434 g/mol. The van der Waals surface area contributed by atoms with Crippen LogP contribution < -0.4 is 10.2 Å². The summed E-state index contributed by atoms with van der Waals surface area (Å²) < 4.78 is 0. The van der Waals surface area contributed by atoms with Crippen LogP contribution in [-0.2, 0) is 16.0 Å². The molecule has 6 nitrogen and oxygen atoms in total. The molecule has 0 unspecified atom stereocenters. The molecule has 4 rings (SSSR count). The van der Waals surface area contributed by atoms with Crippen molar-refractivity contribution in [2.24, 2.45) is 0 Å². The number of carbonyl (C=O) groups excluding carboxylic acids is 3. The average molecular weight is 456 g/mol. The Morgan fingerprint density at radius 2 is 1.90 bits per heavy atom. The fourth-order valence-corrected chi connectivity index (χ4v) is 4.78. The van der Waals surface area contributed by atoms with E-state index in [1.807, 2.05) is 24.3 Å². The predicted octanol–water partition coefficient (Wildman–Crippen LogP) is 3.95. The van der Waals surface area contributed by atoms with Crippen LogP contribution in [0.4, 0.5) is 10.5 Å². The first-order valence-electron chi connectivity index (χ1n) is 10.1. The van der Waals surface area contributed by atoms with Crippen LogP contribution in [0.25, 0.3) is 6.08 Å². The molecule has 0 aromatic heterocycles. The van der Waals surface area contributed by atoms with Gasteiger partial charge in [-0.15, -0.1) is 0 Å². The quantitative estimate of drug-likeness (QED) is 0.668. The van der Waals surface area contributed by atoms with Gasteiger partial charge in [-0.3, -0.25) is 19.3 Å². The van der Waals surface area contributed by atoms with Gasteiger partial charge in [-0.2, -0.15) is 0 Å². The van der Waals surface area contributed by atoms with Gasteiger partial charge in [0.05, 0.1) is 11.4 Å². The topological polar surface area (TPSA) is 69.7 Å². The molecule has 0 spiro atoms. The van der Waals surface area contributed by atoms with E-state index in [-0.39, 0.29) is 36.7 Å². The second kappa shape index (κ2) is 9.58. The van der Waals surface area contributed by atoms with E-state index in [1.54, 1.807) is 24.3 Å². The first-order valence-corrected chi connectivity index (χ1v) is 11.3. The highest BCUT2D eigenvalue weighted by molar-refractivity contribution is 8.18. The molecule has 2 aromatic carbocycles. The molecule has 0 radical (unpaired) electrons. The maximum Gasteiger partial charge on any atom is 0.293 e. The minimum absolute atomic E-state index is 0.129. The van der Waals surface area contributed by atoms with E-state index in [9.17, 15) is 14.4 Å². The summed E-state index contributed by atoms with van der Waals surface area (Å²) in [6, 6.07) is 15.3.